The maximum Gasteiger partial charge on any atom is 1.00 e. The van der Waals surface area contributed by atoms with Gasteiger partial charge in [-0.15, -0.1) is 0 Å². The minimum Gasteiger partial charge on any atom is -0.726 e. The minimum absolute atomic E-state index is 0. The topological polar surface area (TPSA) is 86.7 Å². The fraction of sp³-hybridized carbons (Fsp3) is 0.720. The van der Waals surface area contributed by atoms with Crippen molar-refractivity contribution in [3.63, 3.8) is 0 Å². The van der Waals surface area contributed by atoms with Crippen LogP contribution in [0, 0.1) is 0 Å². The zero-order valence-corrected chi connectivity index (χ0v) is 23.8. The molecule has 0 N–H and O–H groups in total. The third kappa shape index (κ3) is 17.6. The van der Waals surface area contributed by atoms with Crippen molar-refractivity contribution in [3.8, 4) is 0 Å². The van der Waals surface area contributed by atoms with Gasteiger partial charge in [0.1, 0.15) is 0 Å². The fourth-order valence-electron chi connectivity index (χ4n) is 3.88. The molecule has 0 spiro atoms. The van der Waals surface area contributed by atoms with Crippen molar-refractivity contribution in [2.45, 2.75) is 109 Å². The first-order valence-electron chi connectivity index (χ1n) is 12.3. The van der Waals surface area contributed by atoms with Gasteiger partial charge in [-0.05, 0) is 31.4 Å². The molecule has 0 saturated heterocycles. The molecule has 0 aliphatic rings. The SMILES string of the molecule is CCCCCCCCC(CCCCCCCCC(=O)N(C)c1ccccc1)OS(=O)(=O)[O-].[Na+]. The number of hydrogen-bond acceptors (Lipinski definition) is 5. The number of hydrogen-bond donors (Lipinski definition) is 0. The number of unbranched alkanes of at least 4 members (excludes halogenated alkanes) is 10. The Labute approximate surface area is 224 Å². The molecule has 1 rings (SSSR count). The number of anilines is 1. The quantitative estimate of drug-likeness (QED) is 0.128. The molecule has 0 saturated carbocycles. The molecule has 6 nitrogen and oxygen atoms in total. The van der Waals surface area contributed by atoms with Crippen LogP contribution in [0.1, 0.15) is 103 Å². The summed E-state index contributed by atoms with van der Waals surface area (Å²) < 4.78 is 37.8. The summed E-state index contributed by atoms with van der Waals surface area (Å²) in [6.45, 7) is 2.17. The zero-order chi connectivity index (χ0) is 23.7. The number of para-hydroxylation sites is 1. The molecule has 0 aromatic heterocycles. The molecule has 184 valence electrons. The molecule has 1 aromatic rings. The van der Waals surface area contributed by atoms with E-state index in [1.54, 1.807) is 4.90 Å². The second kappa shape index (κ2) is 19.8. The van der Waals surface area contributed by atoms with E-state index in [2.05, 4.69) is 6.92 Å². The van der Waals surface area contributed by atoms with E-state index in [1.807, 2.05) is 37.4 Å². The van der Waals surface area contributed by atoms with Crippen LogP contribution in [0.2, 0.25) is 0 Å². The predicted molar refractivity (Wildman–Crippen MR) is 129 cm³/mol. The first-order valence-corrected chi connectivity index (χ1v) is 13.6. The first kappa shape index (κ1) is 32.6. The van der Waals surface area contributed by atoms with Crippen LogP contribution in [-0.4, -0.2) is 32.0 Å². The summed E-state index contributed by atoms with van der Waals surface area (Å²) >= 11 is 0. The van der Waals surface area contributed by atoms with Crippen molar-refractivity contribution in [2.75, 3.05) is 11.9 Å². The maximum absolute atomic E-state index is 12.3. The number of benzene rings is 1. The van der Waals surface area contributed by atoms with Gasteiger partial charge in [0, 0.05) is 19.2 Å². The molecule has 0 aliphatic carbocycles. The normalized spacial score (nSPS) is 12.2. The molecule has 1 unspecified atom stereocenters. The van der Waals surface area contributed by atoms with Crippen LogP contribution in [0.4, 0.5) is 5.69 Å². The van der Waals surface area contributed by atoms with Crippen LogP contribution >= 0.6 is 0 Å². The van der Waals surface area contributed by atoms with Crippen LogP contribution < -0.4 is 34.5 Å². The van der Waals surface area contributed by atoms with Gasteiger partial charge < -0.3 is 9.45 Å². The molecule has 8 heteroatoms. The molecular weight excluding hydrogens is 449 g/mol. The van der Waals surface area contributed by atoms with E-state index in [0.29, 0.717) is 19.3 Å². The van der Waals surface area contributed by atoms with Crippen molar-refractivity contribution in [3.05, 3.63) is 30.3 Å². The van der Waals surface area contributed by atoms with Gasteiger partial charge in [-0.2, -0.15) is 0 Å². The first-order chi connectivity index (χ1) is 15.3. The number of rotatable bonds is 19. The van der Waals surface area contributed by atoms with Gasteiger partial charge in [-0.25, -0.2) is 8.42 Å². The van der Waals surface area contributed by atoms with E-state index in [4.69, 9.17) is 4.18 Å². The summed E-state index contributed by atoms with van der Waals surface area (Å²) in [5.74, 6) is 0.129. The second-order valence-electron chi connectivity index (χ2n) is 8.63. The van der Waals surface area contributed by atoms with Crippen molar-refractivity contribution >= 4 is 22.0 Å². The Morgan fingerprint density at radius 3 is 1.88 bits per heavy atom. The van der Waals surface area contributed by atoms with E-state index in [0.717, 1.165) is 63.5 Å². The average molecular weight is 492 g/mol. The summed E-state index contributed by atoms with van der Waals surface area (Å²) in [6, 6.07) is 9.65. The molecular formula is C25H42NNaO5S. The number of carbonyl (C=O) groups is 1. The number of amides is 1. The molecule has 1 aromatic carbocycles. The molecule has 0 bridgehead atoms. The van der Waals surface area contributed by atoms with Crippen LogP contribution in [0.5, 0.6) is 0 Å². The van der Waals surface area contributed by atoms with Crippen LogP contribution in [0.15, 0.2) is 30.3 Å². The monoisotopic (exact) mass is 491 g/mol. The third-order valence-electron chi connectivity index (χ3n) is 5.82. The summed E-state index contributed by atoms with van der Waals surface area (Å²) in [7, 11) is -2.84. The second-order valence-corrected chi connectivity index (χ2v) is 9.64. The smallest absolute Gasteiger partial charge is 0.726 e. The molecule has 1 amide bonds. The third-order valence-corrected chi connectivity index (χ3v) is 6.33. The number of carbonyl (C=O) groups excluding carboxylic acids is 1. The van der Waals surface area contributed by atoms with E-state index < -0.39 is 16.5 Å². The summed E-state index contributed by atoms with van der Waals surface area (Å²) in [5, 5.41) is 0. The molecule has 33 heavy (non-hydrogen) atoms. The molecule has 0 aliphatic heterocycles. The summed E-state index contributed by atoms with van der Waals surface area (Å²) in [5.41, 5.74) is 0.912. The van der Waals surface area contributed by atoms with Gasteiger partial charge in [-0.3, -0.25) is 8.98 Å². The fourth-order valence-corrected chi connectivity index (χ4v) is 4.40. The van der Waals surface area contributed by atoms with E-state index in [-0.39, 0.29) is 35.5 Å². The molecule has 0 fully saturated rings. The van der Waals surface area contributed by atoms with E-state index >= 15 is 0 Å². The van der Waals surface area contributed by atoms with Gasteiger partial charge in [-0.1, -0.05) is 95.8 Å². The zero-order valence-electron chi connectivity index (χ0n) is 21.0. The standard InChI is InChI=1S/C25H43NO5S.Na/c1-3-4-5-6-9-15-20-24(31-32(28,29)30)21-16-10-7-8-11-17-22-25(27)26(2)23-18-13-12-14-19-23;/h12-14,18-19,24H,3-11,15-17,20-22H2,1-2H3,(H,28,29,30);/q;+1/p-1. The summed E-state index contributed by atoms with van der Waals surface area (Å²) in [4.78, 5) is 14.0. The van der Waals surface area contributed by atoms with Gasteiger partial charge in [0.15, 0.2) is 0 Å². The molecule has 0 radical (unpaired) electrons. The van der Waals surface area contributed by atoms with Crippen LogP contribution in [0.3, 0.4) is 0 Å². The van der Waals surface area contributed by atoms with Crippen molar-refractivity contribution in [2.24, 2.45) is 0 Å². The Hall–Kier alpha value is -0.440. The Balaban J connectivity index is 0.0000102. The predicted octanol–water partition coefficient (Wildman–Crippen LogP) is 3.37. The van der Waals surface area contributed by atoms with Crippen LogP contribution in [0.25, 0.3) is 0 Å². The van der Waals surface area contributed by atoms with Crippen molar-refractivity contribution < 1.29 is 51.5 Å². The Bertz CT molecular complexity index is 715. The van der Waals surface area contributed by atoms with Gasteiger partial charge in [0.2, 0.25) is 16.3 Å². The van der Waals surface area contributed by atoms with Crippen molar-refractivity contribution in [1.82, 2.24) is 0 Å². The maximum atomic E-state index is 12.3. The average Bonchev–Trinajstić information content (AvgIpc) is 2.76. The summed E-state index contributed by atoms with van der Waals surface area (Å²) in [6.07, 6.45) is 13.8. The van der Waals surface area contributed by atoms with Gasteiger partial charge in [0.05, 0.1) is 6.10 Å². The Morgan fingerprint density at radius 1 is 0.879 bits per heavy atom. The number of nitrogens with zero attached hydrogens (tertiary/aromatic N) is 1. The molecule has 0 heterocycles. The minimum atomic E-state index is -4.65. The van der Waals surface area contributed by atoms with Gasteiger partial charge in [0.25, 0.3) is 0 Å². The van der Waals surface area contributed by atoms with Crippen molar-refractivity contribution in [1.29, 1.82) is 0 Å². The Morgan fingerprint density at radius 2 is 1.36 bits per heavy atom. The largest absolute Gasteiger partial charge is 1.00 e. The Kier molecular flexibility index (Phi) is 19.6. The van der Waals surface area contributed by atoms with E-state index in [1.165, 1.54) is 19.3 Å². The van der Waals surface area contributed by atoms with Crippen LogP contribution in [-0.2, 0) is 19.4 Å². The molecule has 1 atom stereocenters. The van der Waals surface area contributed by atoms with Gasteiger partial charge >= 0.3 is 29.6 Å². The van der Waals surface area contributed by atoms with E-state index in [9.17, 15) is 17.8 Å².